The fraction of sp³-hybridized carbons (Fsp3) is 0.480. The maximum Gasteiger partial charge on any atom is 0.254 e. The third-order valence-electron chi connectivity index (χ3n) is 6.50. The lowest BCUT2D eigenvalue weighted by atomic mass is 9.87. The zero-order valence-corrected chi connectivity index (χ0v) is 18.3. The quantitative estimate of drug-likeness (QED) is 0.739. The van der Waals surface area contributed by atoms with E-state index in [1.165, 1.54) is 11.1 Å². The molecule has 0 N–H and O–H groups in total. The van der Waals surface area contributed by atoms with Crippen LogP contribution in [0.2, 0.25) is 0 Å². The Morgan fingerprint density at radius 2 is 1.83 bits per heavy atom. The second-order valence-electron chi connectivity index (χ2n) is 8.51. The summed E-state index contributed by atoms with van der Waals surface area (Å²) in [4.78, 5) is 17.5. The van der Waals surface area contributed by atoms with Crippen LogP contribution in [0.4, 0.5) is 0 Å². The summed E-state index contributed by atoms with van der Waals surface area (Å²) in [6.07, 6.45) is 5.39. The lowest BCUT2D eigenvalue weighted by Crippen LogP contribution is -2.35. The van der Waals surface area contributed by atoms with Gasteiger partial charge < -0.3 is 19.3 Å². The molecule has 5 heteroatoms. The van der Waals surface area contributed by atoms with Crippen LogP contribution in [0.5, 0.6) is 11.5 Å². The van der Waals surface area contributed by atoms with Crippen molar-refractivity contribution in [3.8, 4) is 11.5 Å². The first-order valence-corrected chi connectivity index (χ1v) is 10.9. The second-order valence-corrected chi connectivity index (χ2v) is 8.51. The molecule has 0 aromatic heterocycles. The fourth-order valence-corrected chi connectivity index (χ4v) is 4.66. The minimum Gasteiger partial charge on any atom is -0.493 e. The van der Waals surface area contributed by atoms with Gasteiger partial charge in [-0.15, -0.1) is 0 Å². The number of likely N-dealkylation sites (tertiary alicyclic amines) is 1. The van der Waals surface area contributed by atoms with Gasteiger partial charge in [0.2, 0.25) is 0 Å². The average molecular weight is 409 g/mol. The number of carbonyl (C=O) groups excluding carboxylic acids is 1. The van der Waals surface area contributed by atoms with E-state index in [1.807, 2.05) is 30.1 Å². The molecular weight excluding hydrogens is 376 g/mol. The van der Waals surface area contributed by atoms with Crippen LogP contribution in [0.3, 0.4) is 0 Å². The smallest absolute Gasteiger partial charge is 0.254 e. The number of benzene rings is 2. The highest BCUT2D eigenvalue weighted by Crippen LogP contribution is 2.35. The molecule has 1 heterocycles. The first-order chi connectivity index (χ1) is 14.6. The van der Waals surface area contributed by atoms with E-state index in [-0.39, 0.29) is 18.1 Å². The highest BCUT2D eigenvalue weighted by atomic mass is 16.5. The lowest BCUT2D eigenvalue weighted by Gasteiger charge is -2.33. The van der Waals surface area contributed by atoms with E-state index >= 15 is 0 Å². The van der Waals surface area contributed by atoms with Crippen molar-refractivity contribution in [2.24, 2.45) is 0 Å². The van der Waals surface area contributed by atoms with Crippen LogP contribution in [0.1, 0.15) is 53.2 Å². The number of hydrogen-bond acceptors (Lipinski definition) is 4. The molecule has 1 saturated heterocycles. The molecule has 2 aromatic carbocycles. The van der Waals surface area contributed by atoms with Gasteiger partial charge in [0, 0.05) is 25.7 Å². The summed E-state index contributed by atoms with van der Waals surface area (Å²) in [5, 5.41) is 0. The predicted octanol–water partition coefficient (Wildman–Crippen LogP) is 4.32. The summed E-state index contributed by atoms with van der Waals surface area (Å²) in [7, 11) is 5.68. The summed E-state index contributed by atoms with van der Waals surface area (Å²) in [6, 6.07) is 14.2. The Morgan fingerprint density at radius 1 is 1.07 bits per heavy atom. The zero-order valence-electron chi connectivity index (χ0n) is 18.3. The molecule has 1 aliphatic heterocycles. The van der Waals surface area contributed by atoms with Crippen molar-refractivity contribution < 1.29 is 14.3 Å². The minimum atomic E-state index is 0.0147. The third-order valence-corrected chi connectivity index (χ3v) is 6.50. The topological polar surface area (TPSA) is 42.0 Å². The minimum absolute atomic E-state index is 0.0147. The van der Waals surface area contributed by atoms with Crippen LogP contribution >= 0.6 is 0 Å². The third kappa shape index (κ3) is 4.31. The molecule has 1 atom stereocenters. The molecule has 0 spiro atoms. The normalized spacial score (nSPS) is 19.8. The van der Waals surface area contributed by atoms with E-state index in [4.69, 9.17) is 9.47 Å². The standard InChI is InChI=1S/C25H32N2O3/c1-26-15-13-20(14-16-26)30-23-12-11-19(17-24(23)29-3)25(28)27(2)22-10-6-8-18-7-4-5-9-21(18)22/h4-5,7,9,11-12,17,20,22H,6,8,10,13-16H2,1-3H3. The lowest BCUT2D eigenvalue weighted by molar-refractivity contribution is 0.0714. The van der Waals surface area contributed by atoms with Gasteiger partial charge in [-0.25, -0.2) is 0 Å². The maximum absolute atomic E-state index is 13.3. The Morgan fingerprint density at radius 3 is 2.60 bits per heavy atom. The summed E-state index contributed by atoms with van der Waals surface area (Å²) >= 11 is 0. The fourth-order valence-electron chi connectivity index (χ4n) is 4.66. The number of hydrogen-bond donors (Lipinski definition) is 0. The second kappa shape index (κ2) is 9.09. The van der Waals surface area contributed by atoms with Crippen molar-refractivity contribution in [2.75, 3.05) is 34.3 Å². The van der Waals surface area contributed by atoms with E-state index in [0.29, 0.717) is 17.1 Å². The van der Waals surface area contributed by atoms with E-state index < -0.39 is 0 Å². The van der Waals surface area contributed by atoms with Crippen LogP contribution in [0.15, 0.2) is 42.5 Å². The monoisotopic (exact) mass is 408 g/mol. The average Bonchev–Trinajstić information content (AvgIpc) is 2.79. The Balaban J connectivity index is 1.50. The number of amides is 1. The van der Waals surface area contributed by atoms with E-state index in [1.54, 1.807) is 7.11 Å². The van der Waals surface area contributed by atoms with Crippen molar-refractivity contribution in [3.05, 3.63) is 59.2 Å². The van der Waals surface area contributed by atoms with Crippen LogP contribution in [0, 0.1) is 0 Å². The number of piperidine rings is 1. The van der Waals surface area contributed by atoms with Crippen LogP contribution in [-0.4, -0.2) is 56.1 Å². The molecule has 1 amide bonds. The Labute approximate surface area is 179 Å². The SMILES string of the molecule is COc1cc(C(=O)N(C)C2CCCc3ccccc32)ccc1OC1CCN(C)CC1. The highest BCUT2D eigenvalue weighted by molar-refractivity contribution is 5.95. The van der Waals surface area contributed by atoms with Crippen molar-refractivity contribution in [3.63, 3.8) is 0 Å². The maximum atomic E-state index is 13.3. The number of nitrogens with zero attached hydrogens (tertiary/aromatic N) is 2. The number of fused-ring (bicyclic) bond motifs is 1. The molecule has 1 unspecified atom stereocenters. The van der Waals surface area contributed by atoms with Gasteiger partial charge in [-0.05, 0) is 68.5 Å². The van der Waals surface area contributed by atoms with Crippen molar-refractivity contribution in [1.82, 2.24) is 9.80 Å². The van der Waals surface area contributed by atoms with Gasteiger partial charge in [-0.3, -0.25) is 4.79 Å². The summed E-state index contributed by atoms with van der Waals surface area (Å²) < 4.78 is 11.8. The molecule has 2 aromatic rings. The van der Waals surface area contributed by atoms with Crippen LogP contribution in [-0.2, 0) is 6.42 Å². The van der Waals surface area contributed by atoms with Gasteiger partial charge in [-0.1, -0.05) is 24.3 Å². The molecular formula is C25H32N2O3. The Bertz CT molecular complexity index is 890. The highest BCUT2D eigenvalue weighted by Gasteiger charge is 2.28. The van der Waals surface area contributed by atoms with Gasteiger partial charge >= 0.3 is 0 Å². The molecule has 30 heavy (non-hydrogen) atoms. The van der Waals surface area contributed by atoms with E-state index in [9.17, 15) is 4.79 Å². The largest absolute Gasteiger partial charge is 0.493 e. The Kier molecular flexibility index (Phi) is 6.28. The first-order valence-electron chi connectivity index (χ1n) is 10.9. The van der Waals surface area contributed by atoms with Crippen molar-refractivity contribution in [1.29, 1.82) is 0 Å². The first kappa shape index (κ1) is 20.7. The number of methoxy groups -OCH3 is 1. The van der Waals surface area contributed by atoms with Gasteiger partial charge in [0.25, 0.3) is 5.91 Å². The summed E-state index contributed by atoms with van der Waals surface area (Å²) in [6.45, 7) is 2.08. The molecule has 0 radical (unpaired) electrons. The molecule has 2 aliphatic rings. The number of rotatable bonds is 5. The van der Waals surface area contributed by atoms with Crippen LogP contribution < -0.4 is 9.47 Å². The molecule has 0 saturated carbocycles. The molecule has 160 valence electrons. The van der Waals surface area contributed by atoms with E-state index in [2.05, 4.69) is 36.2 Å². The zero-order chi connectivity index (χ0) is 21.1. The van der Waals surface area contributed by atoms with Gasteiger partial charge in [0.15, 0.2) is 11.5 Å². The van der Waals surface area contributed by atoms with E-state index in [0.717, 1.165) is 45.2 Å². The van der Waals surface area contributed by atoms with Gasteiger partial charge in [0.05, 0.1) is 13.2 Å². The summed E-state index contributed by atoms with van der Waals surface area (Å²) in [5.74, 6) is 1.35. The molecule has 1 aliphatic carbocycles. The number of carbonyl (C=O) groups is 1. The molecule has 0 bridgehead atoms. The van der Waals surface area contributed by atoms with Crippen LogP contribution in [0.25, 0.3) is 0 Å². The van der Waals surface area contributed by atoms with Crippen molar-refractivity contribution in [2.45, 2.75) is 44.2 Å². The van der Waals surface area contributed by atoms with Gasteiger partial charge in [0.1, 0.15) is 6.10 Å². The Hall–Kier alpha value is -2.53. The molecule has 5 nitrogen and oxygen atoms in total. The molecule has 4 rings (SSSR count). The number of ether oxygens (including phenoxy) is 2. The summed E-state index contributed by atoms with van der Waals surface area (Å²) in [5.41, 5.74) is 3.26. The van der Waals surface area contributed by atoms with Gasteiger partial charge in [-0.2, -0.15) is 0 Å². The predicted molar refractivity (Wildman–Crippen MR) is 118 cm³/mol. The number of aryl methyl sites for hydroxylation is 1. The molecule has 1 fully saturated rings. The van der Waals surface area contributed by atoms with Crippen molar-refractivity contribution >= 4 is 5.91 Å².